The van der Waals surface area contributed by atoms with E-state index in [4.69, 9.17) is 4.74 Å². The first-order chi connectivity index (χ1) is 11.2. The first-order valence-electron chi connectivity index (χ1n) is 8.09. The molecule has 2 aromatic carbocycles. The molecule has 2 unspecified atom stereocenters. The van der Waals surface area contributed by atoms with Crippen molar-refractivity contribution in [3.8, 4) is 11.5 Å². The van der Waals surface area contributed by atoms with Crippen LogP contribution in [-0.2, 0) is 4.79 Å². The summed E-state index contributed by atoms with van der Waals surface area (Å²) in [6.07, 6.45) is 1.96. The summed E-state index contributed by atoms with van der Waals surface area (Å²) in [4.78, 5) is 12.3. The summed E-state index contributed by atoms with van der Waals surface area (Å²) in [6.45, 7) is 2.90. The van der Waals surface area contributed by atoms with Gasteiger partial charge in [0.15, 0.2) is 0 Å². The Morgan fingerprint density at radius 2 is 1.88 bits per heavy atom. The average molecular weight is 347 g/mol. The first-order valence-corrected chi connectivity index (χ1v) is 8.09. The van der Waals surface area contributed by atoms with Crippen LogP contribution in [0.2, 0.25) is 0 Å². The summed E-state index contributed by atoms with van der Waals surface area (Å²) in [5.74, 6) is 1.62. The average Bonchev–Trinajstić information content (AvgIpc) is 3.11. The SMILES string of the molecule is CC(NC(=O)C1CCCN1)c1ccccc1Oc1ccccc1.Cl. The molecule has 24 heavy (non-hydrogen) atoms. The van der Waals surface area contributed by atoms with Crippen LogP contribution in [-0.4, -0.2) is 18.5 Å². The Bertz CT molecular complexity index is 657. The van der Waals surface area contributed by atoms with Crippen LogP contribution in [0.5, 0.6) is 11.5 Å². The van der Waals surface area contributed by atoms with E-state index in [9.17, 15) is 4.79 Å². The summed E-state index contributed by atoms with van der Waals surface area (Å²) in [7, 11) is 0. The zero-order chi connectivity index (χ0) is 16.1. The highest BCUT2D eigenvalue weighted by Crippen LogP contribution is 2.29. The molecule has 1 amide bonds. The van der Waals surface area contributed by atoms with Gasteiger partial charge >= 0.3 is 0 Å². The summed E-state index contributed by atoms with van der Waals surface area (Å²) in [5, 5.41) is 6.31. The van der Waals surface area contributed by atoms with Gasteiger partial charge in [0.05, 0.1) is 12.1 Å². The van der Waals surface area contributed by atoms with Gasteiger partial charge in [0, 0.05) is 5.56 Å². The van der Waals surface area contributed by atoms with Crippen molar-refractivity contribution in [2.45, 2.75) is 31.8 Å². The molecule has 0 bridgehead atoms. The second kappa shape index (κ2) is 8.71. The third kappa shape index (κ3) is 4.49. The molecule has 128 valence electrons. The molecule has 1 fully saturated rings. The maximum Gasteiger partial charge on any atom is 0.237 e. The van der Waals surface area contributed by atoms with Crippen molar-refractivity contribution in [3.05, 3.63) is 60.2 Å². The van der Waals surface area contributed by atoms with E-state index in [0.29, 0.717) is 0 Å². The number of nitrogens with one attached hydrogen (secondary N) is 2. The molecule has 1 aliphatic heterocycles. The number of benzene rings is 2. The van der Waals surface area contributed by atoms with E-state index in [1.165, 1.54) is 0 Å². The van der Waals surface area contributed by atoms with Crippen LogP contribution in [0.25, 0.3) is 0 Å². The number of carbonyl (C=O) groups excluding carboxylic acids is 1. The Labute approximate surface area is 149 Å². The fourth-order valence-corrected chi connectivity index (χ4v) is 2.85. The summed E-state index contributed by atoms with van der Waals surface area (Å²) in [5.41, 5.74) is 0.975. The van der Waals surface area contributed by atoms with E-state index in [2.05, 4.69) is 10.6 Å². The highest BCUT2D eigenvalue weighted by Gasteiger charge is 2.24. The van der Waals surface area contributed by atoms with Crippen LogP contribution in [0.1, 0.15) is 31.4 Å². The molecule has 2 atom stereocenters. The van der Waals surface area contributed by atoms with Crippen LogP contribution in [0.4, 0.5) is 0 Å². The molecule has 0 saturated carbocycles. The molecule has 2 N–H and O–H groups in total. The van der Waals surface area contributed by atoms with Gasteiger partial charge in [-0.3, -0.25) is 4.79 Å². The lowest BCUT2D eigenvalue weighted by molar-refractivity contribution is -0.123. The minimum absolute atomic E-state index is 0. The van der Waals surface area contributed by atoms with Gasteiger partial charge in [-0.15, -0.1) is 12.4 Å². The predicted octanol–water partition coefficient (Wildman–Crippen LogP) is 3.83. The quantitative estimate of drug-likeness (QED) is 0.865. The minimum atomic E-state index is -0.107. The van der Waals surface area contributed by atoms with Crippen LogP contribution in [0, 0.1) is 0 Å². The Balaban J connectivity index is 0.00000208. The molecule has 0 radical (unpaired) electrons. The van der Waals surface area contributed by atoms with Crippen LogP contribution >= 0.6 is 12.4 Å². The third-order valence-corrected chi connectivity index (χ3v) is 4.09. The van der Waals surface area contributed by atoms with Crippen molar-refractivity contribution in [1.29, 1.82) is 0 Å². The molecule has 0 spiro atoms. The Hall–Kier alpha value is -2.04. The molecule has 1 heterocycles. The molecule has 1 saturated heterocycles. The molecular weight excluding hydrogens is 324 g/mol. The van der Waals surface area contributed by atoms with Crippen LogP contribution in [0.15, 0.2) is 54.6 Å². The number of carbonyl (C=O) groups is 1. The Morgan fingerprint density at radius 1 is 1.17 bits per heavy atom. The van der Waals surface area contributed by atoms with Gasteiger partial charge in [-0.2, -0.15) is 0 Å². The number of hydrogen-bond acceptors (Lipinski definition) is 3. The minimum Gasteiger partial charge on any atom is -0.457 e. The second-order valence-electron chi connectivity index (χ2n) is 5.83. The normalized spacial score (nSPS) is 17.6. The van der Waals surface area contributed by atoms with Gasteiger partial charge in [-0.25, -0.2) is 0 Å². The Morgan fingerprint density at radius 3 is 2.58 bits per heavy atom. The molecule has 4 nitrogen and oxygen atoms in total. The number of halogens is 1. The van der Waals surface area contributed by atoms with E-state index in [-0.39, 0.29) is 30.4 Å². The van der Waals surface area contributed by atoms with Crippen molar-refractivity contribution < 1.29 is 9.53 Å². The third-order valence-electron chi connectivity index (χ3n) is 4.09. The molecule has 5 heteroatoms. The first kappa shape index (κ1) is 18.3. The Kier molecular flexibility index (Phi) is 6.64. The molecule has 2 aromatic rings. The second-order valence-corrected chi connectivity index (χ2v) is 5.83. The zero-order valence-electron chi connectivity index (χ0n) is 13.7. The van der Waals surface area contributed by atoms with Crippen LogP contribution < -0.4 is 15.4 Å². The highest BCUT2D eigenvalue weighted by molar-refractivity contribution is 5.85. The van der Waals surface area contributed by atoms with Gasteiger partial charge < -0.3 is 15.4 Å². The molecule has 0 aliphatic carbocycles. The summed E-state index contributed by atoms with van der Waals surface area (Å²) >= 11 is 0. The zero-order valence-corrected chi connectivity index (χ0v) is 14.5. The van der Waals surface area contributed by atoms with Gasteiger partial charge in [-0.05, 0) is 44.5 Å². The number of ether oxygens (including phenoxy) is 1. The number of hydrogen-bond donors (Lipinski definition) is 2. The smallest absolute Gasteiger partial charge is 0.237 e. The van der Waals surface area contributed by atoms with Crippen molar-refractivity contribution in [2.75, 3.05) is 6.54 Å². The molecule has 3 rings (SSSR count). The van der Waals surface area contributed by atoms with Crippen molar-refractivity contribution in [2.24, 2.45) is 0 Å². The summed E-state index contributed by atoms with van der Waals surface area (Å²) in [6, 6.07) is 17.3. The lowest BCUT2D eigenvalue weighted by Gasteiger charge is -2.20. The lowest BCUT2D eigenvalue weighted by atomic mass is 10.1. The van der Waals surface area contributed by atoms with E-state index in [1.54, 1.807) is 0 Å². The van der Waals surface area contributed by atoms with Gasteiger partial charge in [-0.1, -0.05) is 36.4 Å². The number of amides is 1. The van der Waals surface area contributed by atoms with E-state index in [0.717, 1.165) is 36.4 Å². The standard InChI is InChI=1S/C19H22N2O2.ClH/c1-14(21-19(22)17-11-7-13-20-17)16-10-5-6-12-18(16)23-15-8-3-2-4-9-15;/h2-6,8-10,12,14,17,20H,7,11,13H2,1H3,(H,21,22);1H. The van der Waals surface area contributed by atoms with Crippen molar-refractivity contribution in [3.63, 3.8) is 0 Å². The largest absolute Gasteiger partial charge is 0.457 e. The van der Waals surface area contributed by atoms with Crippen molar-refractivity contribution >= 4 is 18.3 Å². The lowest BCUT2D eigenvalue weighted by Crippen LogP contribution is -2.41. The number of para-hydroxylation sites is 2. The molecule has 1 aliphatic rings. The van der Waals surface area contributed by atoms with Gasteiger partial charge in [0.2, 0.25) is 5.91 Å². The van der Waals surface area contributed by atoms with Crippen molar-refractivity contribution in [1.82, 2.24) is 10.6 Å². The maximum absolute atomic E-state index is 12.3. The molecule has 0 aromatic heterocycles. The monoisotopic (exact) mass is 346 g/mol. The summed E-state index contributed by atoms with van der Waals surface area (Å²) < 4.78 is 5.97. The fraction of sp³-hybridized carbons (Fsp3) is 0.316. The van der Waals surface area contributed by atoms with Gasteiger partial charge in [0.1, 0.15) is 11.5 Å². The highest BCUT2D eigenvalue weighted by atomic mass is 35.5. The van der Waals surface area contributed by atoms with E-state index in [1.807, 2.05) is 61.5 Å². The van der Waals surface area contributed by atoms with E-state index >= 15 is 0 Å². The predicted molar refractivity (Wildman–Crippen MR) is 97.8 cm³/mol. The van der Waals surface area contributed by atoms with Gasteiger partial charge in [0.25, 0.3) is 0 Å². The number of rotatable bonds is 5. The van der Waals surface area contributed by atoms with E-state index < -0.39 is 0 Å². The van der Waals surface area contributed by atoms with Crippen LogP contribution in [0.3, 0.4) is 0 Å². The molecular formula is C19H23ClN2O2. The maximum atomic E-state index is 12.3. The fourth-order valence-electron chi connectivity index (χ4n) is 2.85. The topological polar surface area (TPSA) is 50.4 Å².